The summed E-state index contributed by atoms with van der Waals surface area (Å²) in [5, 5.41) is 3.01. The summed E-state index contributed by atoms with van der Waals surface area (Å²) in [6.07, 6.45) is 1.74. The number of rotatable bonds is 5. The van der Waals surface area contributed by atoms with Gasteiger partial charge < -0.3 is 14.8 Å². The molecular weight excluding hydrogens is 290 g/mol. The maximum atomic E-state index is 12.8. The fourth-order valence-corrected chi connectivity index (χ4v) is 2.80. The smallest absolute Gasteiger partial charge is 0.235 e. The normalized spacial score (nSPS) is 14.9. The Kier molecular flexibility index (Phi) is 3.99. The number of carbonyl (C=O) groups is 1. The van der Waals surface area contributed by atoms with Crippen LogP contribution in [0.3, 0.4) is 0 Å². The third-order valence-electron chi connectivity index (χ3n) is 4.44. The number of aryl methyl sites for hydroxylation is 1. The highest BCUT2D eigenvalue weighted by atomic mass is 16.5. The Labute approximate surface area is 136 Å². The van der Waals surface area contributed by atoms with Crippen molar-refractivity contribution >= 4 is 11.6 Å². The summed E-state index contributed by atoms with van der Waals surface area (Å²) in [5.74, 6) is 1.31. The van der Waals surface area contributed by atoms with Gasteiger partial charge in [-0.2, -0.15) is 0 Å². The van der Waals surface area contributed by atoms with E-state index in [0.29, 0.717) is 17.2 Å². The van der Waals surface area contributed by atoms with Crippen LogP contribution in [0.15, 0.2) is 42.5 Å². The first kappa shape index (κ1) is 15.4. The second kappa shape index (κ2) is 5.95. The lowest BCUT2D eigenvalue weighted by Gasteiger charge is -2.18. The Bertz CT molecular complexity index is 718. The van der Waals surface area contributed by atoms with Gasteiger partial charge in [0.15, 0.2) is 0 Å². The summed E-state index contributed by atoms with van der Waals surface area (Å²) in [7, 11) is 3.19. The van der Waals surface area contributed by atoms with Gasteiger partial charge in [0.2, 0.25) is 5.91 Å². The first-order valence-corrected chi connectivity index (χ1v) is 7.70. The van der Waals surface area contributed by atoms with Crippen molar-refractivity contribution < 1.29 is 14.3 Å². The van der Waals surface area contributed by atoms with Gasteiger partial charge in [0.25, 0.3) is 0 Å². The zero-order chi connectivity index (χ0) is 16.4. The van der Waals surface area contributed by atoms with Gasteiger partial charge in [-0.3, -0.25) is 4.79 Å². The lowest BCUT2D eigenvalue weighted by atomic mass is 9.94. The summed E-state index contributed by atoms with van der Waals surface area (Å²) >= 11 is 0. The standard InChI is InChI=1S/C19H21NO3/c1-13-4-6-14(7-5-13)19(10-11-19)18(21)20-16-12-15(22-2)8-9-17(16)23-3/h4-9,12H,10-11H2,1-3H3,(H,20,21). The fourth-order valence-electron chi connectivity index (χ4n) is 2.80. The van der Waals surface area contributed by atoms with Crippen LogP contribution >= 0.6 is 0 Å². The summed E-state index contributed by atoms with van der Waals surface area (Å²) in [5.41, 5.74) is 2.49. The molecule has 0 unspecified atom stereocenters. The first-order valence-electron chi connectivity index (χ1n) is 7.70. The SMILES string of the molecule is COc1ccc(OC)c(NC(=O)C2(c3ccc(C)cc3)CC2)c1. The van der Waals surface area contributed by atoms with Crippen molar-refractivity contribution in [3.8, 4) is 11.5 Å². The van der Waals surface area contributed by atoms with E-state index in [0.717, 1.165) is 18.4 Å². The van der Waals surface area contributed by atoms with E-state index in [-0.39, 0.29) is 5.91 Å². The Balaban J connectivity index is 1.86. The molecule has 1 saturated carbocycles. The lowest BCUT2D eigenvalue weighted by molar-refractivity contribution is -0.118. The molecule has 2 aromatic carbocycles. The van der Waals surface area contributed by atoms with Crippen LogP contribution in [0.4, 0.5) is 5.69 Å². The average Bonchev–Trinajstić information content (AvgIpc) is 3.37. The number of amides is 1. The molecule has 4 nitrogen and oxygen atoms in total. The highest BCUT2D eigenvalue weighted by Crippen LogP contribution is 2.49. The Morgan fingerprint density at radius 1 is 1.04 bits per heavy atom. The van der Waals surface area contributed by atoms with Crippen LogP contribution in [-0.4, -0.2) is 20.1 Å². The monoisotopic (exact) mass is 311 g/mol. The molecule has 0 saturated heterocycles. The molecule has 0 spiro atoms. The summed E-state index contributed by atoms with van der Waals surface area (Å²) in [6.45, 7) is 2.05. The van der Waals surface area contributed by atoms with Crippen molar-refractivity contribution in [3.05, 3.63) is 53.6 Å². The van der Waals surface area contributed by atoms with Crippen molar-refractivity contribution in [1.29, 1.82) is 0 Å². The van der Waals surface area contributed by atoms with E-state index in [4.69, 9.17) is 9.47 Å². The zero-order valence-electron chi connectivity index (χ0n) is 13.7. The number of nitrogens with one attached hydrogen (secondary N) is 1. The van der Waals surface area contributed by atoms with Crippen molar-refractivity contribution in [2.75, 3.05) is 19.5 Å². The Morgan fingerprint density at radius 2 is 1.74 bits per heavy atom. The summed E-state index contributed by atoms with van der Waals surface area (Å²) in [4.78, 5) is 12.8. The number of ether oxygens (including phenoxy) is 2. The van der Waals surface area contributed by atoms with Crippen LogP contribution in [0, 0.1) is 6.92 Å². The van der Waals surface area contributed by atoms with Crippen LogP contribution < -0.4 is 14.8 Å². The molecule has 120 valence electrons. The second-order valence-corrected chi connectivity index (χ2v) is 5.97. The highest BCUT2D eigenvalue weighted by molar-refractivity contribution is 6.02. The summed E-state index contributed by atoms with van der Waals surface area (Å²) in [6, 6.07) is 13.6. The average molecular weight is 311 g/mol. The van der Waals surface area contributed by atoms with Crippen LogP contribution in [0.5, 0.6) is 11.5 Å². The van der Waals surface area contributed by atoms with Gasteiger partial charge in [-0.25, -0.2) is 0 Å². The van der Waals surface area contributed by atoms with Crippen LogP contribution in [0.25, 0.3) is 0 Å². The van der Waals surface area contributed by atoms with E-state index in [2.05, 4.69) is 17.4 Å². The maximum Gasteiger partial charge on any atom is 0.235 e. The number of carbonyl (C=O) groups excluding carboxylic acids is 1. The highest BCUT2D eigenvalue weighted by Gasteiger charge is 2.51. The lowest BCUT2D eigenvalue weighted by Crippen LogP contribution is -2.28. The molecule has 0 aromatic heterocycles. The van der Waals surface area contributed by atoms with Crippen molar-refractivity contribution in [1.82, 2.24) is 0 Å². The van der Waals surface area contributed by atoms with Gasteiger partial charge in [-0.15, -0.1) is 0 Å². The van der Waals surface area contributed by atoms with Gasteiger partial charge >= 0.3 is 0 Å². The van der Waals surface area contributed by atoms with Crippen LogP contribution in [0.2, 0.25) is 0 Å². The van der Waals surface area contributed by atoms with Gasteiger partial charge in [0.1, 0.15) is 11.5 Å². The molecule has 0 atom stereocenters. The van der Waals surface area contributed by atoms with Gasteiger partial charge in [0, 0.05) is 6.07 Å². The summed E-state index contributed by atoms with van der Waals surface area (Å²) < 4.78 is 10.6. The van der Waals surface area contributed by atoms with E-state index >= 15 is 0 Å². The molecule has 1 amide bonds. The molecule has 4 heteroatoms. The van der Waals surface area contributed by atoms with Gasteiger partial charge in [-0.05, 0) is 37.5 Å². The van der Waals surface area contributed by atoms with Crippen LogP contribution in [-0.2, 0) is 10.2 Å². The molecule has 3 rings (SSSR count). The fraction of sp³-hybridized carbons (Fsp3) is 0.316. The number of hydrogen-bond acceptors (Lipinski definition) is 3. The predicted molar refractivity (Wildman–Crippen MR) is 90.3 cm³/mol. The quantitative estimate of drug-likeness (QED) is 0.916. The van der Waals surface area contributed by atoms with Crippen molar-refractivity contribution in [2.45, 2.75) is 25.2 Å². The Hall–Kier alpha value is -2.49. The van der Waals surface area contributed by atoms with E-state index in [1.807, 2.05) is 19.1 Å². The topological polar surface area (TPSA) is 47.6 Å². The Morgan fingerprint density at radius 3 is 2.30 bits per heavy atom. The number of hydrogen-bond donors (Lipinski definition) is 1. The maximum absolute atomic E-state index is 12.8. The molecule has 0 bridgehead atoms. The van der Waals surface area contributed by atoms with E-state index in [9.17, 15) is 4.79 Å². The van der Waals surface area contributed by atoms with Gasteiger partial charge in [-0.1, -0.05) is 29.8 Å². The van der Waals surface area contributed by atoms with E-state index in [1.54, 1.807) is 32.4 Å². The molecule has 2 aromatic rings. The minimum atomic E-state index is -0.415. The third-order valence-corrected chi connectivity index (χ3v) is 4.44. The van der Waals surface area contributed by atoms with E-state index in [1.165, 1.54) is 5.56 Å². The molecule has 1 aliphatic rings. The molecule has 0 radical (unpaired) electrons. The van der Waals surface area contributed by atoms with Crippen LogP contribution in [0.1, 0.15) is 24.0 Å². The largest absolute Gasteiger partial charge is 0.497 e. The number of anilines is 1. The van der Waals surface area contributed by atoms with Crippen molar-refractivity contribution in [3.63, 3.8) is 0 Å². The van der Waals surface area contributed by atoms with E-state index < -0.39 is 5.41 Å². The minimum Gasteiger partial charge on any atom is -0.497 e. The molecule has 1 fully saturated rings. The number of methoxy groups -OCH3 is 2. The third kappa shape index (κ3) is 2.89. The molecular formula is C19H21NO3. The molecule has 1 N–H and O–H groups in total. The molecule has 0 heterocycles. The second-order valence-electron chi connectivity index (χ2n) is 5.97. The van der Waals surface area contributed by atoms with Gasteiger partial charge in [0.05, 0.1) is 25.3 Å². The number of benzene rings is 2. The molecule has 1 aliphatic carbocycles. The first-order chi connectivity index (χ1) is 11.1. The molecule has 0 aliphatic heterocycles. The van der Waals surface area contributed by atoms with Crippen molar-refractivity contribution in [2.24, 2.45) is 0 Å². The minimum absolute atomic E-state index is 0.00732. The molecule has 23 heavy (non-hydrogen) atoms. The predicted octanol–water partition coefficient (Wildman–Crippen LogP) is 3.68. The zero-order valence-corrected chi connectivity index (χ0v) is 13.7.